The first-order chi connectivity index (χ1) is 6.24. The van der Waals surface area contributed by atoms with Gasteiger partial charge in [-0.25, -0.2) is 0 Å². The van der Waals surface area contributed by atoms with Gasteiger partial charge >= 0.3 is 5.97 Å². The number of carbonyl (C=O) groups excluding carboxylic acids is 1. The average molecular weight is 182 g/mol. The average Bonchev–Trinajstić information content (AvgIpc) is 2.63. The molecule has 0 saturated heterocycles. The summed E-state index contributed by atoms with van der Waals surface area (Å²) in [5, 5.41) is 0. The van der Waals surface area contributed by atoms with Crippen LogP contribution in [0.3, 0.4) is 0 Å². The van der Waals surface area contributed by atoms with Crippen molar-refractivity contribution < 1.29 is 9.53 Å². The second-order valence-corrected chi connectivity index (χ2v) is 4.47. The standard InChI is InChI=1S/C11H18O2/c1-3-13-11(12)10-7(2)8-4-5-9(10)6-8/h7-10H,3-6H2,1-2H3/t7-,8+,9-,10+/m1/s1. The fourth-order valence-electron chi connectivity index (χ4n) is 3.22. The molecular formula is C11H18O2. The minimum Gasteiger partial charge on any atom is -0.466 e. The van der Waals surface area contributed by atoms with Gasteiger partial charge in [-0.15, -0.1) is 0 Å². The molecule has 0 radical (unpaired) electrons. The Bertz CT molecular complexity index is 210. The van der Waals surface area contributed by atoms with Crippen LogP contribution in [-0.4, -0.2) is 12.6 Å². The van der Waals surface area contributed by atoms with Crippen LogP contribution in [-0.2, 0) is 9.53 Å². The first-order valence-corrected chi connectivity index (χ1v) is 5.40. The predicted molar refractivity (Wildman–Crippen MR) is 50.1 cm³/mol. The zero-order valence-electron chi connectivity index (χ0n) is 8.45. The molecule has 0 amide bonds. The lowest BCUT2D eigenvalue weighted by Crippen LogP contribution is -2.29. The largest absolute Gasteiger partial charge is 0.466 e. The Balaban J connectivity index is 2.03. The van der Waals surface area contributed by atoms with Crippen LogP contribution in [0.15, 0.2) is 0 Å². The van der Waals surface area contributed by atoms with Gasteiger partial charge in [0.05, 0.1) is 12.5 Å². The number of hydrogen-bond acceptors (Lipinski definition) is 2. The van der Waals surface area contributed by atoms with Crippen LogP contribution in [0.1, 0.15) is 33.1 Å². The quantitative estimate of drug-likeness (QED) is 0.612. The van der Waals surface area contributed by atoms with Gasteiger partial charge < -0.3 is 4.74 Å². The molecule has 2 fully saturated rings. The number of rotatable bonds is 2. The van der Waals surface area contributed by atoms with E-state index in [2.05, 4.69) is 6.92 Å². The van der Waals surface area contributed by atoms with Gasteiger partial charge in [0.2, 0.25) is 0 Å². The molecule has 2 saturated carbocycles. The Morgan fingerprint density at radius 3 is 2.62 bits per heavy atom. The SMILES string of the molecule is CCOC(=O)[C@@H]1[C@@H]2CC[C@@H](C2)[C@H]1C. The van der Waals surface area contributed by atoms with Gasteiger partial charge in [-0.1, -0.05) is 6.92 Å². The fourth-order valence-corrected chi connectivity index (χ4v) is 3.22. The summed E-state index contributed by atoms with van der Waals surface area (Å²) in [5.74, 6) is 2.29. The lowest BCUT2D eigenvalue weighted by molar-refractivity contribution is -0.151. The van der Waals surface area contributed by atoms with Crippen molar-refractivity contribution in [1.82, 2.24) is 0 Å². The van der Waals surface area contributed by atoms with Crippen LogP contribution in [0.5, 0.6) is 0 Å². The molecule has 2 rings (SSSR count). The van der Waals surface area contributed by atoms with Crippen molar-refractivity contribution in [3.8, 4) is 0 Å². The monoisotopic (exact) mass is 182 g/mol. The minimum atomic E-state index is 0.0576. The van der Waals surface area contributed by atoms with Gasteiger partial charge in [0, 0.05) is 0 Å². The summed E-state index contributed by atoms with van der Waals surface area (Å²) in [5.41, 5.74) is 0. The lowest BCUT2D eigenvalue weighted by atomic mass is 9.80. The van der Waals surface area contributed by atoms with Crippen molar-refractivity contribution in [2.75, 3.05) is 6.61 Å². The van der Waals surface area contributed by atoms with Gasteiger partial charge in [-0.05, 0) is 43.9 Å². The molecule has 0 unspecified atom stereocenters. The van der Waals surface area contributed by atoms with Gasteiger partial charge in [-0.2, -0.15) is 0 Å². The number of carbonyl (C=O) groups is 1. The minimum absolute atomic E-state index is 0.0576. The van der Waals surface area contributed by atoms with E-state index in [4.69, 9.17) is 4.74 Å². The summed E-state index contributed by atoms with van der Waals surface area (Å²) in [4.78, 5) is 11.6. The molecule has 0 N–H and O–H groups in total. The Labute approximate surface area is 79.7 Å². The molecule has 74 valence electrons. The molecule has 0 spiro atoms. The second kappa shape index (κ2) is 3.32. The zero-order valence-corrected chi connectivity index (χ0v) is 8.45. The second-order valence-electron chi connectivity index (χ2n) is 4.47. The number of fused-ring (bicyclic) bond motifs is 2. The molecule has 4 atom stereocenters. The third kappa shape index (κ3) is 1.36. The van der Waals surface area contributed by atoms with Crippen LogP contribution >= 0.6 is 0 Å². The highest BCUT2D eigenvalue weighted by molar-refractivity contribution is 5.73. The van der Waals surface area contributed by atoms with E-state index in [0.717, 1.165) is 5.92 Å². The predicted octanol–water partition coefficient (Wildman–Crippen LogP) is 2.23. The van der Waals surface area contributed by atoms with E-state index >= 15 is 0 Å². The van der Waals surface area contributed by atoms with Crippen molar-refractivity contribution in [2.24, 2.45) is 23.7 Å². The van der Waals surface area contributed by atoms with Crippen LogP contribution < -0.4 is 0 Å². The van der Waals surface area contributed by atoms with Crippen molar-refractivity contribution in [2.45, 2.75) is 33.1 Å². The summed E-state index contributed by atoms with van der Waals surface area (Å²) >= 11 is 0. The third-order valence-electron chi connectivity index (χ3n) is 3.89. The van der Waals surface area contributed by atoms with Crippen molar-refractivity contribution >= 4 is 5.97 Å². The van der Waals surface area contributed by atoms with Crippen LogP contribution in [0, 0.1) is 23.7 Å². The Morgan fingerprint density at radius 2 is 2.08 bits per heavy atom. The van der Waals surface area contributed by atoms with E-state index < -0.39 is 0 Å². The summed E-state index contributed by atoms with van der Waals surface area (Å²) in [6.45, 7) is 4.63. The summed E-state index contributed by atoms with van der Waals surface area (Å²) in [7, 11) is 0. The first-order valence-electron chi connectivity index (χ1n) is 5.40. The van der Waals surface area contributed by atoms with Gasteiger partial charge in [0.1, 0.15) is 0 Å². The molecular weight excluding hydrogens is 164 g/mol. The normalized spacial score (nSPS) is 42.3. The lowest BCUT2D eigenvalue weighted by Gasteiger charge is -2.26. The number of esters is 1. The van der Waals surface area contributed by atoms with E-state index in [1.165, 1.54) is 19.3 Å². The Kier molecular flexibility index (Phi) is 2.31. The van der Waals surface area contributed by atoms with Gasteiger partial charge in [0.15, 0.2) is 0 Å². The van der Waals surface area contributed by atoms with Crippen molar-refractivity contribution in [1.29, 1.82) is 0 Å². The first kappa shape index (κ1) is 9.04. The maximum Gasteiger partial charge on any atom is 0.309 e. The topological polar surface area (TPSA) is 26.3 Å². The summed E-state index contributed by atoms with van der Waals surface area (Å²) < 4.78 is 5.11. The molecule has 0 aromatic rings. The maximum atomic E-state index is 11.6. The highest BCUT2D eigenvalue weighted by Gasteiger charge is 2.49. The van der Waals surface area contributed by atoms with E-state index in [1.807, 2.05) is 6.92 Å². The maximum absolute atomic E-state index is 11.6. The molecule has 2 aliphatic carbocycles. The molecule has 13 heavy (non-hydrogen) atoms. The third-order valence-corrected chi connectivity index (χ3v) is 3.89. The van der Waals surface area contributed by atoms with E-state index in [9.17, 15) is 4.79 Å². The molecule has 0 aromatic heterocycles. The molecule has 0 heterocycles. The van der Waals surface area contributed by atoms with Gasteiger partial charge in [0.25, 0.3) is 0 Å². The van der Waals surface area contributed by atoms with Crippen LogP contribution in [0.4, 0.5) is 0 Å². The number of hydrogen-bond donors (Lipinski definition) is 0. The summed E-state index contributed by atoms with van der Waals surface area (Å²) in [6.07, 6.45) is 3.85. The smallest absolute Gasteiger partial charge is 0.309 e. The van der Waals surface area contributed by atoms with E-state index in [0.29, 0.717) is 18.4 Å². The zero-order chi connectivity index (χ0) is 9.42. The Hall–Kier alpha value is -0.530. The van der Waals surface area contributed by atoms with Gasteiger partial charge in [-0.3, -0.25) is 4.79 Å². The fraction of sp³-hybridized carbons (Fsp3) is 0.909. The van der Waals surface area contributed by atoms with E-state index in [-0.39, 0.29) is 11.9 Å². The number of ether oxygens (including phenoxy) is 1. The molecule has 0 aromatic carbocycles. The highest BCUT2D eigenvalue weighted by Crippen LogP contribution is 2.52. The van der Waals surface area contributed by atoms with E-state index in [1.54, 1.807) is 0 Å². The molecule has 2 aliphatic rings. The van der Waals surface area contributed by atoms with Crippen LogP contribution in [0.25, 0.3) is 0 Å². The highest BCUT2D eigenvalue weighted by atomic mass is 16.5. The molecule has 2 nitrogen and oxygen atoms in total. The molecule has 2 bridgehead atoms. The Morgan fingerprint density at radius 1 is 1.38 bits per heavy atom. The van der Waals surface area contributed by atoms with Crippen molar-refractivity contribution in [3.63, 3.8) is 0 Å². The van der Waals surface area contributed by atoms with Crippen molar-refractivity contribution in [3.05, 3.63) is 0 Å². The molecule has 0 aliphatic heterocycles. The van der Waals surface area contributed by atoms with Crippen LogP contribution in [0.2, 0.25) is 0 Å². The molecule has 2 heteroatoms. The summed E-state index contributed by atoms with van der Waals surface area (Å²) in [6, 6.07) is 0.